The summed E-state index contributed by atoms with van der Waals surface area (Å²) < 4.78 is 5.32. The smallest absolute Gasteiger partial charge is 0.190 e. The second-order valence-electron chi connectivity index (χ2n) is 4.95. The van der Waals surface area contributed by atoms with E-state index in [4.69, 9.17) is 4.74 Å². The maximum atomic E-state index is 5.32. The molecule has 0 aliphatic rings. The molecule has 2 N–H and O–H groups in total. The van der Waals surface area contributed by atoms with Crippen molar-refractivity contribution in [1.82, 2.24) is 10.6 Å². The van der Waals surface area contributed by atoms with Gasteiger partial charge in [-0.1, -0.05) is 37.3 Å². The number of nitrogens with one attached hydrogen (secondary N) is 2. The molecule has 118 valence electrons. The van der Waals surface area contributed by atoms with Crippen molar-refractivity contribution in [3.8, 4) is 0 Å². The van der Waals surface area contributed by atoms with Crippen molar-refractivity contribution >= 4 is 5.96 Å². The lowest BCUT2D eigenvalue weighted by Gasteiger charge is -2.18. The summed E-state index contributed by atoms with van der Waals surface area (Å²) in [6, 6.07) is 10.6. The molecule has 0 spiro atoms. The molecule has 0 amide bonds. The van der Waals surface area contributed by atoms with Gasteiger partial charge in [-0.25, -0.2) is 0 Å². The highest BCUT2D eigenvalue weighted by Gasteiger charge is 2.09. The molecule has 4 heteroatoms. The number of ether oxygens (including phenoxy) is 1. The van der Waals surface area contributed by atoms with Crippen LogP contribution < -0.4 is 10.6 Å². The zero-order valence-corrected chi connectivity index (χ0v) is 13.6. The third-order valence-electron chi connectivity index (χ3n) is 3.47. The molecule has 0 saturated heterocycles. The van der Waals surface area contributed by atoms with E-state index in [9.17, 15) is 0 Å². The normalized spacial score (nSPS) is 13.0. The molecule has 0 radical (unpaired) electrons. The summed E-state index contributed by atoms with van der Waals surface area (Å²) in [6.45, 7) is 7.58. The predicted molar refractivity (Wildman–Crippen MR) is 89.9 cm³/mol. The van der Waals surface area contributed by atoms with Gasteiger partial charge in [-0.05, 0) is 25.3 Å². The number of hydrogen-bond donors (Lipinski definition) is 2. The van der Waals surface area contributed by atoms with E-state index in [-0.39, 0.29) is 0 Å². The minimum absolute atomic E-state index is 0.508. The van der Waals surface area contributed by atoms with E-state index in [1.807, 2.05) is 6.92 Å². The topological polar surface area (TPSA) is 45.6 Å². The third kappa shape index (κ3) is 7.14. The SMILES string of the molecule is CCOCCCNC(=NC)NCC(CC)c1ccccc1. The van der Waals surface area contributed by atoms with Crippen molar-refractivity contribution < 1.29 is 4.74 Å². The summed E-state index contributed by atoms with van der Waals surface area (Å²) >= 11 is 0. The standard InChI is InChI=1S/C17H29N3O/c1-4-15(16-10-7-6-8-11-16)14-20-17(18-3)19-12-9-13-21-5-2/h6-8,10-11,15H,4-5,9,12-14H2,1-3H3,(H2,18,19,20). The molecule has 0 aliphatic heterocycles. The zero-order chi connectivity index (χ0) is 15.3. The van der Waals surface area contributed by atoms with Crippen LogP contribution in [0, 0.1) is 0 Å². The molecule has 21 heavy (non-hydrogen) atoms. The highest BCUT2D eigenvalue weighted by Crippen LogP contribution is 2.17. The van der Waals surface area contributed by atoms with Crippen LogP contribution in [-0.4, -0.2) is 39.3 Å². The largest absolute Gasteiger partial charge is 0.382 e. The van der Waals surface area contributed by atoms with Gasteiger partial charge in [0.15, 0.2) is 5.96 Å². The van der Waals surface area contributed by atoms with Crippen molar-refractivity contribution in [3.05, 3.63) is 35.9 Å². The van der Waals surface area contributed by atoms with Crippen LogP contribution in [0.3, 0.4) is 0 Å². The maximum Gasteiger partial charge on any atom is 0.190 e. The zero-order valence-electron chi connectivity index (χ0n) is 13.6. The van der Waals surface area contributed by atoms with Crippen LogP contribution in [0.15, 0.2) is 35.3 Å². The molecule has 4 nitrogen and oxygen atoms in total. The molecule has 1 aromatic carbocycles. The second-order valence-corrected chi connectivity index (χ2v) is 4.95. The van der Waals surface area contributed by atoms with E-state index in [2.05, 4.69) is 52.9 Å². The number of benzene rings is 1. The maximum absolute atomic E-state index is 5.32. The Hall–Kier alpha value is -1.55. The fourth-order valence-corrected chi connectivity index (χ4v) is 2.19. The highest BCUT2D eigenvalue weighted by molar-refractivity contribution is 5.79. The Balaban J connectivity index is 2.33. The Labute approximate surface area is 129 Å². The number of rotatable bonds is 9. The average molecular weight is 291 g/mol. The Morgan fingerprint density at radius 3 is 2.57 bits per heavy atom. The molecule has 0 heterocycles. The van der Waals surface area contributed by atoms with Crippen molar-refractivity contribution in [2.45, 2.75) is 32.6 Å². The average Bonchev–Trinajstić information content (AvgIpc) is 2.54. The monoisotopic (exact) mass is 291 g/mol. The molecule has 1 rings (SSSR count). The van der Waals surface area contributed by atoms with Gasteiger partial charge in [-0.2, -0.15) is 0 Å². The van der Waals surface area contributed by atoms with E-state index < -0.39 is 0 Å². The van der Waals surface area contributed by atoms with Gasteiger partial charge in [0.1, 0.15) is 0 Å². The Kier molecular flexibility index (Phi) is 9.29. The fourth-order valence-electron chi connectivity index (χ4n) is 2.19. The molecule has 0 aromatic heterocycles. The van der Waals surface area contributed by atoms with E-state index >= 15 is 0 Å². The summed E-state index contributed by atoms with van der Waals surface area (Å²) in [5.74, 6) is 1.37. The molecule has 1 atom stereocenters. The lowest BCUT2D eigenvalue weighted by Crippen LogP contribution is -2.40. The second kappa shape index (κ2) is 11.1. The number of hydrogen-bond acceptors (Lipinski definition) is 2. The van der Waals surface area contributed by atoms with Crippen LogP contribution in [0.4, 0.5) is 0 Å². The van der Waals surface area contributed by atoms with Crippen LogP contribution in [0.1, 0.15) is 38.2 Å². The van der Waals surface area contributed by atoms with Gasteiger partial charge >= 0.3 is 0 Å². The van der Waals surface area contributed by atoms with Crippen molar-refractivity contribution in [2.75, 3.05) is 33.4 Å². The van der Waals surface area contributed by atoms with Crippen LogP contribution in [-0.2, 0) is 4.74 Å². The molecule has 0 bridgehead atoms. The van der Waals surface area contributed by atoms with E-state index in [1.165, 1.54) is 5.56 Å². The van der Waals surface area contributed by atoms with Gasteiger partial charge < -0.3 is 15.4 Å². The van der Waals surface area contributed by atoms with Crippen LogP contribution in [0.5, 0.6) is 0 Å². The quantitative estimate of drug-likeness (QED) is 0.418. The summed E-state index contributed by atoms with van der Waals surface area (Å²) in [4.78, 5) is 4.26. The third-order valence-corrected chi connectivity index (χ3v) is 3.47. The molecule has 1 unspecified atom stereocenters. The first-order valence-electron chi connectivity index (χ1n) is 7.89. The van der Waals surface area contributed by atoms with E-state index in [0.717, 1.165) is 45.1 Å². The summed E-state index contributed by atoms with van der Waals surface area (Å²) in [6.07, 6.45) is 2.10. The number of guanidine groups is 1. The van der Waals surface area contributed by atoms with Gasteiger partial charge in [-0.3, -0.25) is 4.99 Å². The Bertz CT molecular complexity index is 392. The molecule has 0 aliphatic carbocycles. The van der Waals surface area contributed by atoms with Crippen molar-refractivity contribution in [1.29, 1.82) is 0 Å². The lowest BCUT2D eigenvalue weighted by atomic mass is 9.97. The fraction of sp³-hybridized carbons (Fsp3) is 0.588. The summed E-state index contributed by atoms with van der Waals surface area (Å²) in [7, 11) is 1.81. The van der Waals surface area contributed by atoms with E-state index in [1.54, 1.807) is 7.05 Å². The van der Waals surface area contributed by atoms with Gasteiger partial charge in [0, 0.05) is 39.3 Å². The molecule has 0 fully saturated rings. The highest BCUT2D eigenvalue weighted by atomic mass is 16.5. The van der Waals surface area contributed by atoms with Gasteiger partial charge in [0.2, 0.25) is 0 Å². The minimum Gasteiger partial charge on any atom is -0.382 e. The molecular formula is C17H29N3O. The molecule has 0 saturated carbocycles. The molecular weight excluding hydrogens is 262 g/mol. The lowest BCUT2D eigenvalue weighted by molar-refractivity contribution is 0.145. The molecule has 1 aromatic rings. The van der Waals surface area contributed by atoms with E-state index in [0.29, 0.717) is 5.92 Å². The summed E-state index contributed by atoms with van der Waals surface area (Å²) in [5, 5.41) is 6.73. The van der Waals surface area contributed by atoms with Gasteiger partial charge in [0.05, 0.1) is 0 Å². The van der Waals surface area contributed by atoms with Gasteiger partial charge in [0.25, 0.3) is 0 Å². The first-order valence-corrected chi connectivity index (χ1v) is 7.89. The number of aliphatic imine (C=N–C) groups is 1. The van der Waals surface area contributed by atoms with Crippen molar-refractivity contribution in [3.63, 3.8) is 0 Å². The first-order chi connectivity index (χ1) is 10.3. The Morgan fingerprint density at radius 2 is 1.95 bits per heavy atom. The predicted octanol–water partition coefficient (Wildman–Crippen LogP) is 2.77. The Morgan fingerprint density at radius 1 is 1.19 bits per heavy atom. The van der Waals surface area contributed by atoms with Gasteiger partial charge in [-0.15, -0.1) is 0 Å². The van der Waals surface area contributed by atoms with Crippen LogP contribution in [0.25, 0.3) is 0 Å². The van der Waals surface area contributed by atoms with Crippen LogP contribution >= 0.6 is 0 Å². The number of nitrogens with zero attached hydrogens (tertiary/aromatic N) is 1. The summed E-state index contributed by atoms with van der Waals surface area (Å²) in [5.41, 5.74) is 1.37. The first kappa shape index (κ1) is 17.5. The van der Waals surface area contributed by atoms with Crippen LogP contribution in [0.2, 0.25) is 0 Å². The minimum atomic E-state index is 0.508. The van der Waals surface area contributed by atoms with Crippen molar-refractivity contribution in [2.24, 2.45) is 4.99 Å².